The Bertz CT molecular complexity index is 466. The minimum Gasteiger partial charge on any atom is -0.290 e. The predicted molar refractivity (Wildman–Crippen MR) is 69.0 cm³/mol. The molecule has 1 heterocycles. The summed E-state index contributed by atoms with van der Waals surface area (Å²) in [4.78, 5) is 12.1. The largest absolute Gasteiger partial charge is 0.290 e. The molecule has 0 aromatic heterocycles. The fourth-order valence-electron chi connectivity index (χ4n) is 1.81. The third kappa shape index (κ3) is 2.68. The van der Waals surface area contributed by atoms with Gasteiger partial charge in [-0.3, -0.25) is 4.79 Å². The van der Waals surface area contributed by atoms with Gasteiger partial charge in [-0.15, -0.1) is 0 Å². The first-order valence-corrected chi connectivity index (χ1v) is 7.08. The highest BCUT2D eigenvalue weighted by Gasteiger charge is 2.40. The summed E-state index contributed by atoms with van der Waals surface area (Å²) in [7, 11) is -3.51. The van der Waals surface area contributed by atoms with Crippen molar-refractivity contribution in [2.45, 2.75) is 41.5 Å². The van der Waals surface area contributed by atoms with Crippen LogP contribution in [0, 0.1) is 10.8 Å². The molecule has 3 nitrogen and oxygen atoms in total. The van der Waals surface area contributed by atoms with E-state index >= 15 is 0 Å². The molecule has 1 rings (SSSR count). The van der Waals surface area contributed by atoms with Crippen molar-refractivity contribution in [1.29, 1.82) is 0 Å². The van der Waals surface area contributed by atoms with Gasteiger partial charge >= 0.3 is 0 Å². The zero-order chi connectivity index (χ0) is 13.6. The zero-order valence-electron chi connectivity index (χ0n) is 11.3. The molecule has 0 bridgehead atoms. The molecule has 1 aliphatic heterocycles. The van der Waals surface area contributed by atoms with E-state index in [4.69, 9.17) is 0 Å². The van der Waals surface area contributed by atoms with E-state index < -0.39 is 20.7 Å². The average Bonchev–Trinajstić information content (AvgIpc) is 2.04. The number of rotatable bonds is 0. The normalized spacial score (nSPS) is 20.9. The van der Waals surface area contributed by atoms with E-state index in [-0.39, 0.29) is 15.6 Å². The molecule has 0 amide bonds. The first-order valence-electron chi connectivity index (χ1n) is 5.60. The number of sulfone groups is 1. The van der Waals surface area contributed by atoms with Crippen molar-refractivity contribution in [3.8, 4) is 0 Å². The van der Waals surface area contributed by atoms with Crippen molar-refractivity contribution in [3.05, 3.63) is 22.0 Å². The van der Waals surface area contributed by atoms with Gasteiger partial charge in [-0.2, -0.15) is 0 Å². The SMILES string of the molecule is CC(C)(C)C1=CC(=O)C=C(C(C)(C)C)S1(=O)=O. The van der Waals surface area contributed by atoms with Gasteiger partial charge in [-0.25, -0.2) is 8.42 Å². The summed E-state index contributed by atoms with van der Waals surface area (Å²) in [6.45, 7) is 10.8. The molecule has 0 N–H and O–H groups in total. The smallest absolute Gasteiger partial charge is 0.200 e. The van der Waals surface area contributed by atoms with Gasteiger partial charge in [0.25, 0.3) is 0 Å². The van der Waals surface area contributed by atoms with Crippen LogP contribution in [0.2, 0.25) is 0 Å². The van der Waals surface area contributed by atoms with Gasteiger partial charge in [-0.05, 0) is 10.8 Å². The van der Waals surface area contributed by atoms with Crippen molar-refractivity contribution in [3.63, 3.8) is 0 Å². The fraction of sp³-hybridized carbons (Fsp3) is 0.615. The van der Waals surface area contributed by atoms with Crippen molar-refractivity contribution in [2.24, 2.45) is 10.8 Å². The van der Waals surface area contributed by atoms with E-state index in [0.717, 1.165) is 0 Å². The van der Waals surface area contributed by atoms with E-state index in [0.29, 0.717) is 0 Å². The molecule has 0 aliphatic carbocycles. The maximum absolute atomic E-state index is 12.5. The molecule has 0 saturated carbocycles. The van der Waals surface area contributed by atoms with Crippen molar-refractivity contribution in [1.82, 2.24) is 0 Å². The second-order valence-corrected chi connectivity index (χ2v) is 8.31. The Morgan fingerprint density at radius 3 is 1.35 bits per heavy atom. The first-order chi connectivity index (χ1) is 7.37. The molecule has 0 fully saturated rings. The summed E-state index contributed by atoms with van der Waals surface area (Å²) in [5, 5.41) is 0. The van der Waals surface area contributed by atoms with Gasteiger partial charge in [0, 0.05) is 12.2 Å². The summed E-state index contributed by atoms with van der Waals surface area (Å²) in [6, 6.07) is 0. The molecule has 17 heavy (non-hydrogen) atoms. The summed E-state index contributed by atoms with van der Waals surface area (Å²) in [5.41, 5.74) is -1.11. The lowest BCUT2D eigenvalue weighted by Crippen LogP contribution is -2.29. The third-order valence-electron chi connectivity index (χ3n) is 2.60. The molecular weight excluding hydrogens is 236 g/mol. The van der Waals surface area contributed by atoms with Crippen LogP contribution in [0.15, 0.2) is 22.0 Å². The van der Waals surface area contributed by atoms with Crippen molar-refractivity contribution >= 4 is 15.6 Å². The van der Waals surface area contributed by atoms with Crippen LogP contribution < -0.4 is 0 Å². The van der Waals surface area contributed by atoms with Crippen LogP contribution in [0.5, 0.6) is 0 Å². The summed E-state index contributed by atoms with van der Waals surface area (Å²) >= 11 is 0. The average molecular weight is 256 g/mol. The van der Waals surface area contributed by atoms with Crippen molar-refractivity contribution < 1.29 is 13.2 Å². The number of hydrogen-bond acceptors (Lipinski definition) is 3. The highest BCUT2D eigenvalue weighted by atomic mass is 32.2. The Balaban J connectivity index is 3.50. The Morgan fingerprint density at radius 1 is 0.824 bits per heavy atom. The maximum Gasteiger partial charge on any atom is 0.200 e. The monoisotopic (exact) mass is 256 g/mol. The minimum absolute atomic E-state index is 0.211. The topological polar surface area (TPSA) is 51.2 Å². The highest BCUT2D eigenvalue weighted by Crippen LogP contribution is 2.42. The van der Waals surface area contributed by atoms with E-state index in [1.807, 2.05) is 0 Å². The molecule has 0 atom stereocenters. The zero-order valence-corrected chi connectivity index (χ0v) is 12.1. The summed E-state index contributed by atoms with van der Waals surface area (Å²) in [6.07, 6.45) is 2.48. The molecule has 1 aliphatic rings. The van der Waals surface area contributed by atoms with Gasteiger partial charge in [0.05, 0.1) is 9.81 Å². The molecule has 0 aromatic carbocycles. The Kier molecular flexibility index (Phi) is 3.17. The van der Waals surface area contributed by atoms with E-state index in [1.165, 1.54) is 12.2 Å². The Morgan fingerprint density at radius 2 is 1.12 bits per heavy atom. The van der Waals surface area contributed by atoms with E-state index in [2.05, 4.69) is 0 Å². The lowest BCUT2D eigenvalue weighted by atomic mass is 9.93. The molecule has 0 aromatic rings. The van der Waals surface area contributed by atoms with E-state index in [9.17, 15) is 13.2 Å². The van der Waals surface area contributed by atoms with Crippen LogP contribution in [0.1, 0.15) is 41.5 Å². The quantitative estimate of drug-likeness (QED) is 0.669. The van der Waals surface area contributed by atoms with Crippen LogP contribution in [-0.2, 0) is 14.6 Å². The lowest BCUT2D eigenvalue weighted by Gasteiger charge is -2.31. The van der Waals surface area contributed by atoms with Gasteiger partial charge < -0.3 is 0 Å². The molecular formula is C13H20O3S. The number of carbonyl (C=O) groups excluding carboxylic acids is 1. The summed E-state index contributed by atoms with van der Waals surface area (Å²) < 4.78 is 24.9. The summed E-state index contributed by atoms with van der Waals surface area (Å²) in [5.74, 6) is -0.241. The third-order valence-corrected chi connectivity index (χ3v) is 5.22. The second kappa shape index (κ2) is 3.80. The van der Waals surface area contributed by atoms with Crippen LogP contribution >= 0.6 is 0 Å². The maximum atomic E-state index is 12.5. The Hall–Kier alpha value is -0.900. The van der Waals surface area contributed by atoms with Gasteiger partial charge in [0.15, 0.2) is 15.6 Å². The molecule has 4 heteroatoms. The van der Waals surface area contributed by atoms with Crippen LogP contribution in [0.3, 0.4) is 0 Å². The Labute approximate surface area is 104 Å². The number of allylic oxidation sites excluding steroid dienone is 4. The minimum atomic E-state index is -3.51. The van der Waals surface area contributed by atoms with E-state index in [1.54, 1.807) is 41.5 Å². The molecule has 96 valence electrons. The molecule has 0 spiro atoms. The first kappa shape index (κ1) is 14.2. The van der Waals surface area contributed by atoms with Crippen LogP contribution in [-0.4, -0.2) is 14.2 Å². The highest BCUT2D eigenvalue weighted by molar-refractivity contribution is 7.99. The van der Waals surface area contributed by atoms with Crippen LogP contribution in [0.4, 0.5) is 0 Å². The lowest BCUT2D eigenvalue weighted by molar-refractivity contribution is -0.110. The number of carbonyl (C=O) groups is 1. The van der Waals surface area contributed by atoms with Gasteiger partial charge in [0.2, 0.25) is 0 Å². The fourth-order valence-corrected chi connectivity index (χ4v) is 4.20. The number of hydrogen-bond donors (Lipinski definition) is 0. The van der Waals surface area contributed by atoms with Crippen molar-refractivity contribution in [2.75, 3.05) is 0 Å². The molecule has 0 saturated heterocycles. The molecule has 0 radical (unpaired) electrons. The molecule has 0 unspecified atom stereocenters. The standard InChI is InChI=1S/C13H20O3S/c1-12(2,3)10-7-9(14)8-11(13(4,5)6)17(10,15)16/h7-8H,1-6H3. The van der Waals surface area contributed by atoms with Crippen LogP contribution in [0.25, 0.3) is 0 Å². The second-order valence-electron chi connectivity index (χ2n) is 6.42. The number of ketones is 1. The predicted octanol–water partition coefficient (Wildman–Crippen LogP) is 2.84. The van der Waals surface area contributed by atoms with Gasteiger partial charge in [0.1, 0.15) is 0 Å². The van der Waals surface area contributed by atoms with Gasteiger partial charge in [-0.1, -0.05) is 41.5 Å².